The molecule has 0 atom stereocenters. The fourth-order valence-electron chi connectivity index (χ4n) is 2.04. The molecule has 8 heteroatoms. The van der Waals surface area contributed by atoms with Gasteiger partial charge in [0.2, 0.25) is 0 Å². The lowest BCUT2D eigenvalue weighted by molar-refractivity contribution is -0.137. The van der Waals surface area contributed by atoms with Crippen LogP contribution >= 0.6 is 0 Å². The summed E-state index contributed by atoms with van der Waals surface area (Å²) in [4.78, 5) is 22.6. The zero-order chi connectivity index (χ0) is 19.9. The van der Waals surface area contributed by atoms with Crippen LogP contribution in [0.15, 0.2) is 48.5 Å². The number of rotatable bonds is 4. The molecule has 2 rings (SSSR count). The van der Waals surface area contributed by atoms with E-state index in [1.807, 2.05) is 6.07 Å². The minimum absolute atomic E-state index is 0.0525. The number of nitrogens with one attached hydrogen (secondary N) is 1. The summed E-state index contributed by atoms with van der Waals surface area (Å²) in [6.45, 7) is -0.167. The first-order valence-electron chi connectivity index (χ1n) is 7.65. The molecule has 2 N–H and O–H groups in total. The molecule has 27 heavy (non-hydrogen) atoms. The number of hydrogen-bond acceptors (Lipinski definition) is 3. The van der Waals surface area contributed by atoms with E-state index in [4.69, 9.17) is 9.84 Å². The third kappa shape index (κ3) is 6.08. The van der Waals surface area contributed by atoms with Crippen molar-refractivity contribution in [2.75, 3.05) is 6.54 Å². The van der Waals surface area contributed by atoms with Crippen LogP contribution in [0.4, 0.5) is 18.0 Å². The number of ether oxygens (including phenoxy) is 1. The molecule has 0 aliphatic heterocycles. The number of benzene rings is 2. The second-order valence-corrected chi connectivity index (χ2v) is 5.28. The molecule has 0 fully saturated rings. The van der Waals surface area contributed by atoms with Crippen molar-refractivity contribution in [3.63, 3.8) is 0 Å². The van der Waals surface area contributed by atoms with E-state index in [-0.39, 0.29) is 24.3 Å². The van der Waals surface area contributed by atoms with Crippen molar-refractivity contribution < 1.29 is 32.6 Å². The molecular formula is C19H14F3NO4. The minimum Gasteiger partial charge on any atom is -0.478 e. The van der Waals surface area contributed by atoms with E-state index < -0.39 is 23.8 Å². The molecule has 0 spiro atoms. The van der Waals surface area contributed by atoms with Crippen LogP contribution in [0, 0.1) is 11.8 Å². The highest BCUT2D eigenvalue weighted by atomic mass is 19.4. The van der Waals surface area contributed by atoms with Crippen LogP contribution in [-0.4, -0.2) is 23.7 Å². The van der Waals surface area contributed by atoms with Gasteiger partial charge in [0, 0.05) is 5.56 Å². The van der Waals surface area contributed by atoms with Gasteiger partial charge in [-0.1, -0.05) is 42.2 Å². The molecule has 0 bridgehead atoms. The Morgan fingerprint density at radius 3 is 2.44 bits per heavy atom. The minimum atomic E-state index is -4.62. The van der Waals surface area contributed by atoms with E-state index in [0.717, 1.165) is 11.6 Å². The SMILES string of the molecule is O=C(NCC#Cc1cc(C(F)(F)F)ccc1C(=O)O)OCc1ccccc1. The van der Waals surface area contributed by atoms with Crippen LogP contribution in [0.2, 0.25) is 0 Å². The topological polar surface area (TPSA) is 75.6 Å². The van der Waals surface area contributed by atoms with Gasteiger partial charge in [0.15, 0.2) is 0 Å². The Labute approximate surface area is 152 Å². The van der Waals surface area contributed by atoms with Crippen LogP contribution in [0.3, 0.4) is 0 Å². The summed E-state index contributed by atoms with van der Waals surface area (Å²) in [7, 11) is 0. The standard InChI is InChI=1S/C19H14F3NO4/c20-19(21,22)15-8-9-16(17(24)25)14(11-15)7-4-10-23-18(26)27-12-13-5-2-1-3-6-13/h1-3,5-6,8-9,11H,10,12H2,(H,23,26)(H,24,25). The first kappa shape index (κ1) is 19.8. The summed E-state index contributed by atoms with van der Waals surface area (Å²) >= 11 is 0. The molecule has 0 unspecified atom stereocenters. The third-order valence-corrected chi connectivity index (χ3v) is 3.33. The number of halogens is 3. The zero-order valence-electron chi connectivity index (χ0n) is 13.8. The van der Waals surface area contributed by atoms with Gasteiger partial charge < -0.3 is 15.2 Å². The summed E-state index contributed by atoms with van der Waals surface area (Å²) in [6.07, 6.45) is -5.37. The second kappa shape index (κ2) is 8.76. The predicted molar refractivity (Wildman–Crippen MR) is 89.9 cm³/mol. The van der Waals surface area contributed by atoms with Crippen LogP contribution in [0.1, 0.15) is 27.0 Å². The molecule has 0 radical (unpaired) electrons. The summed E-state index contributed by atoms with van der Waals surface area (Å²) in [5, 5.41) is 11.4. The van der Waals surface area contributed by atoms with Gasteiger partial charge in [0.25, 0.3) is 0 Å². The van der Waals surface area contributed by atoms with E-state index in [0.29, 0.717) is 12.1 Å². The molecule has 0 saturated heterocycles. The van der Waals surface area contributed by atoms with Crippen LogP contribution in [-0.2, 0) is 17.5 Å². The largest absolute Gasteiger partial charge is 0.478 e. The number of amides is 1. The Hall–Kier alpha value is -3.47. The highest BCUT2D eigenvalue weighted by Crippen LogP contribution is 2.30. The maximum Gasteiger partial charge on any atom is 0.416 e. The fourth-order valence-corrected chi connectivity index (χ4v) is 2.04. The first-order chi connectivity index (χ1) is 12.8. The normalized spacial score (nSPS) is 10.5. The molecule has 0 aliphatic carbocycles. The van der Waals surface area contributed by atoms with E-state index in [1.165, 1.54) is 0 Å². The second-order valence-electron chi connectivity index (χ2n) is 5.28. The number of carboxylic acid groups (broad SMARTS) is 1. The van der Waals surface area contributed by atoms with Gasteiger partial charge in [0.05, 0.1) is 17.7 Å². The van der Waals surface area contributed by atoms with Gasteiger partial charge in [-0.15, -0.1) is 0 Å². The Morgan fingerprint density at radius 2 is 1.81 bits per heavy atom. The van der Waals surface area contributed by atoms with Gasteiger partial charge in [-0.25, -0.2) is 9.59 Å². The van der Waals surface area contributed by atoms with E-state index in [1.54, 1.807) is 24.3 Å². The van der Waals surface area contributed by atoms with Crippen molar-refractivity contribution in [1.29, 1.82) is 0 Å². The Bertz CT molecular complexity index is 883. The van der Waals surface area contributed by atoms with E-state index in [9.17, 15) is 22.8 Å². The van der Waals surface area contributed by atoms with E-state index in [2.05, 4.69) is 17.2 Å². The molecule has 0 aromatic heterocycles. The zero-order valence-corrected chi connectivity index (χ0v) is 13.8. The number of alkyl carbamates (subject to hydrolysis) is 1. The number of alkyl halides is 3. The highest BCUT2D eigenvalue weighted by molar-refractivity contribution is 5.90. The maximum atomic E-state index is 12.8. The maximum absolute atomic E-state index is 12.8. The first-order valence-corrected chi connectivity index (χ1v) is 7.65. The monoisotopic (exact) mass is 377 g/mol. The third-order valence-electron chi connectivity index (χ3n) is 3.33. The van der Waals surface area contributed by atoms with Gasteiger partial charge in [-0.2, -0.15) is 13.2 Å². The number of carbonyl (C=O) groups excluding carboxylic acids is 1. The lowest BCUT2D eigenvalue weighted by Crippen LogP contribution is -2.24. The Morgan fingerprint density at radius 1 is 1.11 bits per heavy atom. The Kier molecular flexibility index (Phi) is 6.44. The summed E-state index contributed by atoms with van der Waals surface area (Å²) in [6, 6.07) is 11.1. The number of hydrogen-bond donors (Lipinski definition) is 2. The summed E-state index contributed by atoms with van der Waals surface area (Å²) < 4.78 is 43.2. The Balaban J connectivity index is 1.98. The molecular weight excluding hydrogens is 363 g/mol. The lowest BCUT2D eigenvalue weighted by atomic mass is 10.0. The van der Waals surface area contributed by atoms with Crippen LogP contribution < -0.4 is 5.32 Å². The van der Waals surface area contributed by atoms with E-state index >= 15 is 0 Å². The van der Waals surface area contributed by atoms with Crippen molar-refractivity contribution in [1.82, 2.24) is 5.32 Å². The van der Waals surface area contributed by atoms with Crippen LogP contribution in [0.25, 0.3) is 0 Å². The highest BCUT2D eigenvalue weighted by Gasteiger charge is 2.31. The molecule has 0 aliphatic rings. The number of aromatic carboxylic acids is 1. The van der Waals surface area contributed by atoms with Crippen molar-refractivity contribution in [3.05, 3.63) is 70.8 Å². The molecule has 5 nitrogen and oxygen atoms in total. The quantitative estimate of drug-likeness (QED) is 0.797. The number of carboxylic acids is 1. The van der Waals surface area contributed by atoms with Crippen LogP contribution in [0.5, 0.6) is 0 Å². The fraction of sp³-hybridized carbons (Fsp3) is 0.158. The molecule has 2 aromatic carbocycles. The lowest BCUT2D eigenvalue weighted by Gasteiger charge is -2.08. The summed E-state index contributed by atoms with van der Waals surface area (Å²) in [5.74, 6) is 3.35. The molecule has 0 saturated carbocycles. The van der Waals surface area contributed by atoms with Gasteiger partial charge >= 0.3 is 18.2 Å². The van der Waals surface area contributed by atoms with Crippen molar-refractivity contribution >= 4 is 12.1 Å². The van der Waals surface area contributed by atoms with Crippen molar-refractivity contribution in [2.24, 2.45) is 0 Å². The average Bonchev–Trinajstić information content (AvgIpc) is 2.63. The molecule has 1 amide bonds. The van der Waals surface area contributed by atoms with Crippen molar-refractivity contribution in [2.45, 2.75) is 12.8 Å². The van der Waals surface area contributed by atoms with Gasteiger partial charge in [0.1, 0.15) is 6.61 Å². The van der Waals surface area contributed by atoms with Crippen molar-refractivity contribution in [3.8, 4) is 11.8 Å². The molecule has 0 heterocycles. The molecule has 2 aromatic rings. The average molecular weight is 377 g/mol. The predicted octanol–water partition coefficient (Wildman–Crippen LogP) is 3.68. The molecule has 140 valence electrons. The van der Waals surface area contributed by atoms with Gasteiger partial charge in [-0.3, -0.25) is 0 Å². The van der Waals surface area contributed by atoms with Gasteiger partial charge in [-0.05, 0) is 23.8 Å². The number of carbonyl (C=O) groups is 2. The smallest absolute Gasteiger partial charge is 0.416 e. The summed E-state index contributed by atoms with van der Waals surface area (Å²) in [5.41, 5.74) is -0.875.